The monoisotopic (exact) mass is 463 g/mol. The number of ketones is 1. The average Bonchev–Trinajstić information content (AvgIpc) is 3.36. The van der Waals surface area contributed by atoms with Crippen LogP contribution in [-0.4, -0.2) is 44.5 Å². The van der Waals surface area contributed by atoms with Gasteiger partial charge in [-0.25, -0.2) is 9.07 Å². The first-order chi connectivity index (χ1) is 16.4. The predicted molar refractivity (Wildman–Crippen MR) is 120 cm³/mol. The van der Waals surface area contributed by atoms with Gasteiger partial charge in [-0.15, -0.1) is 11.5 Å². The molecule has 34 heavy (non-hydrogen) atoms. The Balaban J connectivity index is 2.07. The van der Waals surface area contributed by atoms with Gasteiger partial charge in [0.2, 0.25) is 0 Å². The third-order valence-corrected chi connectivity index (χ3v) is 5.04. The number of anilines is 1. The summed E-state index contributed by atoms with van der Waals surface area (Å²) < 4.78 is 21.2. The van der Waals surface area contributed by atoms with Gasteiger partial charge in [0.25, 0.3) is 0 Å². The number of carbonyl (C=O) groups is 3. The van der Waals surface area contributed by atoms with Gasteiger partial charge in [-0.05, 0) is 60.0 Å². The number of aryl methyl sites for hydroxylation is 1. The van der Waals surface area contributed by atoms with Crippen LogP contribution in [0.3, 0.4) is 0 Å². The van der Waals surface area contributed by atoms with Gasteiger partial charge >= 0.3 is 11.9 Å². The molecule has 0 aliphatic rings. The Morgan fingerprint density at radius 2 is 1.97 bits per heavy atom. The lowest BCUT2D eigenvalue weighted by Crippen LogP contribution is -2.39. The van der Waals surface area contributed by atoms with Crippen LogP contribution >= 0.6 is 0 Å². The first kappa shape index (κ1) is 24.3. The summed E-state index contributed by atoms with van der Waals surface area (Å²) in [6, 6.07) is 9.06. The van der Waals surface area contributed by atoms with Gasteiger partial charge in [0, 0.05) is 17.7 Å². The van der Waals surface area contributed by atoms with E-state index >= 15 is 0 Å². The van der Waals surface area contributed by atoms with Crippen LogP contribution in [0.1, 0.15) is 36.9 Å². The van der Waals surface area contributed by atoms with Crippen LogP contribution in [0.5, 0.6) is 0 Å². The molecule has 1 heterocycles. The number of aromatic nitrogens is 4. The molecule has 0 N–H and O–H groups in total. The minimum atomic E-state index is -1.39. The Kier molecular flexibility index (Phi) is 7.82. The van der Waals surface area contributed by atoms with E-state index in [9.17, 15) is 18.8 Å². The summed E-state index contributed by atoms with van der Waals surface area (Å²) in [7, 11) is 0. The van der Waals surface area contributed by atoms with Crippen LogP contribution in [0.2, 0.25) is 0 Å². The van der Waals surface area contributed by atoms with Crippen molar-refractivity contribution in [2.24, 2.45) is 0 Å². The number of terminal acetylenes is 1. The number of carbonyl (C=O) groups excluding carboxylic acids is 3. The van der Waals surface area contributed by atoms with Crippen molar-refractivity contribution < 1.29 is 23.5 Å². The van der Waals surface area contributed by atoms with Gasteiger partial charge in [0.05, 0.1) is 18.7 Å². The summed E-state index contributed by atoms with van der Waals surface area (Å²) in [5.41, 5.74) is 1.54. The van der Waals surface area contributed by atoms with E-state index in [1.807, 2.05) is 5.92 Å². The number of Topliss-reactive ketones (excluding diaryl/α,β-unsaturated/α-hetero) is 1. The number of halogens is 1. The number of esters is 1. The van der Waals surface area contributed by atoms with Crippen molar-refractivity contribution in [2.75, 3.05) is 11.5 Å². The first-order valence-electron chi connectivity index (χ1n) is 10.4. The zero-order valence-electron chi connectivity index (χ0n) is 18.6. The molecule has 0 saturated carbocycles. The molecule has 0 aliphatic heterocycles. The average molecular weight is 463 g/mol. The highest BCUT2D eigenvalue weighted by Gasteiger charge is 2.34. The van der Waals surface area contributed by atoms with Gasteiger partial charge in [-0.1, -0.05) is 18.2 Å². The lowest BCUT2D eigenvalue weighted by Gasteiger charge is -2.30. The lowest BCUT2D eigenvalue weighted by atomic mass is 9.96. The van der Waals surface area contributed by atoms with Gasteiger partial charge in [-0.3, -0.25) is 19.3 Å². The van der Waals surface area contributed by atoms with Crippen molar-refractivity contribution in [3.05, 3.63) is 65.7 Å². The minimum Gasteiger partial charge on any atom is -0.466 e. The molecule has 0 aliphatic carbocycles. The lowest BCUT2D eigenvalue weighted by molar-refractivity contribution is -0.144. The fourth-order valence-electron chi connectivity index (χ4n) is 3.52. The highest BCUT2D eigenvalue weighted by Crippen LogP contribution is 2.33. The predicted octanol–water partition coefficient (Wildman–Crippen LogP) is 2.73. The van der Waals surface area contributed by atoms with Crippen molar-refractivity contribution in [1.29, 1.82) is 0 Å². The van der Waals surface area contributed by atoms with E-state index in [-0.39, 0.29) is 30.7 Å². The number of hydrogen-bond donors (Lipinski definition) is 0. The molecule has 3 rings (SSSR count). The van der Waals surface area contributed by atoms with Crippen LogP contribution in [0.15, 0.2) is 48.8 Å². The largest absolute Gasteiger partial charge is 0.466 e. The van der Waals surface area contributed by atoms with Gasteiger partial charge in [0.15, 0.2) is 5.78 Å². The van der Waals surface area contributed by atoms with E-state index in [0.717, 1.165) is 4.90 Å². The summed E-state index contributed by atoms with van der Waals surface area (Å²) in [5.74, 6) is -0.644. The molecule has 3 aromatic rings. The molecular weight excluding hydrogens is 441 g/mol. The quantitative estimate of drug-likeness (QED) is 0.355. The SMILES string of the molecule is C#CC(=O)N(c1ccc(-n2cnnn2)c(C)c1)C(C(=O)CCC(=O)OCC)c1ccccc1F. The van der Waals surface area contributed by atoms with Crippen molar-refractivity contribution in [3.8, 4) is 18.0 Å². The maximum Gasteiger partial charge on any atom is 0.306 e. The zero-order valence-corrected chi connectivity index (χ0v) is 18.6. The molecule has 9 nitrogen and oxygen atoms in total. The summed E-state index contributed by atoms with van der Waals surface area (Å²) in [6.45, 7) is 3.58. The molecule has 1 unspecified atom stereocenters. The number of ether oxygens (including phenoxy) is 1. The third kappa shape index (κ3) is 5.32. The second-order valence-electron chi connectivity index (χ2n) is 7.24. The van der Waals surface area contributed by atoms with Gasteiger partial charge in [-0.2, -0.15) is 0 Å². The maximum atomic E-state index is 14.8. The zero-order chi connectivity index (χ0) is 24.7. The Morgan fingerprint density at radius 1 is 1.21 bits per heavy atom. The number of rotatable bonds is 9. The fraction of sp³-hybridized carbons (Fsp3) is 0.250. The number of tetrazole rings is 1. The number of amides is 1. The second-order valence-corrected chi connectivity index (χ2v) is 7.24. The molecule has 10 heteroatoms. The van der Waals surface area contributed by atoms with Gasteiger partial charge in [0.1, 0.15) is 18.2 Å². The molecule has 0 bridgehead atoms. The van der Waals surface area contributed by atoms with E-state index in [4.69, 9.17) is 11.2 Å². The standard InChI is InChI=1S/C24H22FN5O4/c1-4-22(32)30(17-10-11-20(16(3)14-17)29-15-26-27-28-29)24(18-8-6-7-9-19(18)25)21(31)12-13-23(33)34-5-2/h1,6-11,14-15,24H,5,12-13H2,2-3H3. The summed E-state index contributed by atoms with van der Waals surface area (Å²) in [5, 5.41) is 11.1. The maximum absolute atomic E-state index is 14.8. The third-order valence-electron chi connectivity index (χ3n) is 5.04. The smallest absolute Gasteiger partial charge is 0.306 e. The second kappa shape index (κ2) is 11.0. The van der Waals surface area contributed by atoms with Crippen LogP contribution in [0.4, 0.5) is 10.1 Å². The molecular formula is C24H22FN5O4. The number of benzene rings is 2. The molecule has 2 aromatic carbocycles. The van der Waals surface area contributed by atoms with Crippen molar-refractivity contribution in [3.63, 3.8) is 0 Å². The highest BCUT2D eigenvalue weighted by molar-refractivity contribution is 6.10. The Morgan fingerprint density at radius 3 is 2.59 bits per heavy atom. The van der Waals surface area contributed by atoms with E-state index in [1.54, 1.807) is 38.1 Å². The van der Waals surface area contributed by atoms with Crippen LogP contribution in [0.25, 0.3) is 5.69 Å². The van der Waals surface area contributed by atoms with Crippen molar-refractivity contribution >= 4 is 23.3 Å². The summed E-state index contributed by atoms with van der Waals surface area (Å²) in [4.78, 5) is 39.1. The minimum absolute atomic E-state index is 0.0397. The van der Waals surface area contributed by atoms with Crippen molar-refractivity contribution in [2.45, 2.75) is 32.7 Å². The topological polar surface area (TPSA) is 107 Å². The Hall–Kier alpha value is -4.39. The Bertz CT molecular complexity index is 1240. The van der Waals surface area contributed by atoms with E-state index < -0.39 is 29.5 Å². The van der Waals surface area contributed by atoms with E-state index in [1.165, 1.54) is 29.2 Å². The van der Waals surface area contributed by atoms with Crippen LogP contribution in [0, 0.1) is 25.1 Å². The Labute approximate surface area is 195 Å². The normalized spacial score (nSPS) is 11.4. The number of hydrogen-bond acceptors (Lipinski definition) is 7. The van der Waals surface area contributed by atoms with Gasteiger partial charge < -0.3 is 4.74 Å². The molecule has 1 atom stereocenters. The number of nitrogens with zero attached hydrogens (tertiary/aromatic N) is 5. The first-order valence-corrected chi connectivity index (χ1v) is 10.4. The summed E-state index contributed by atoms with van der Waals surface area (Å²) in [6.07, 6.45) is 6.35. The van der Waals surface area contributed by atoms with Crippen LogP contribution in [-0.2, 0) is 19.1 Å². The molecule has 0 saturated heterocycles. The molecule has 0 spiro atoms. The molecule has 0 fully saturated rings. The molecule has 0 radical (unpaired) electrons. The van der Waals surface area contributed by atoms with E-state index in [2.05, 4.69) is 15.5 Å². The summed E-state index contributed by atoms with van der Waals surface area (Å²) >= 11 is 0. The molecule has 1 aromatic heterocycles. The fourth-order valence-corrected chi connectivity index (χ4v) is 3.52. The van der Waals surface area contributed by atoms with Crippen LogP contribution < -0.4 is 4.90 Å². The molecule has 1 amide bonds. The van der Waals surface area contributed by atoms with Crippen molar-refractivity contribution in [1.82, 2.24) is 20.2 Å². The van der Waals surface area contributed by atoms with E-state index in [0.29, 0.717) is 11.3 Å². The highest BCUT2D eigenvalue weighted by atomic mass is 19.1. The molecule has 174 valence electrons.